The van der Waals surface area contributed by atoms with Gasteiger partial charge in [0.25, 0.3) is 5.91 Å². The van der Waals surface area contributed by atoms with Crippen LogP contribution in [-0.2, 0) is 7.05 Å². The zero-order valence-corrected chi connectivity index (χ0v) is 11.9. The summed E-state index contributed by atoms with van der Waals surface area (Å²) in [6.07, 6.45) is 0. The van der Waals surface area contributed by atoms with Crippen LogP contribution in [0.5, 0.6) is 0 Å². The summed E-state index contributed by atoms with van der Waals surface area (Å²) in [5.74, 6) is 0.00952. The van der Waals surface area contributed by atoms with Crippen LogP contribution in [0.2, 0.25) is 0 Å². The van der Waals surface area contributed by atoms with Gasteiger partial charge in [0.15, 0.2) is 0 Å². The van der Waals surface area contributed by atoms with Gasteiger partial charge in [-0.15, -0.1) is 0 Å². The summed E-state index contributed by atoms with van der Waals surface area (Å²) in [5.41, 5.74) is 5.09. The van der Waals surface area contributed by atoms with E-state index in [0.717, 1.165) is 28.1 Å². The lowest BCUT2D eigenvalue weighted by Gasteiger charge is -2.06. The topological polar surface area (TPSA) is 34.0 Å². The summed E-state index contributed by atoms with van der Waals surface area (Å²) in [5, 5.41) is 2.88. The van der Waals surface area contributed by atoms with Gasteiger partial charge in [-0.3, -0.25) is 4.79 Å². The Bertz CT molecular complexity index is 597. The maximum Gasteiger partial charge on any atom is 0.253 e. The molecule has 0 bridgehead atoms. The van der Waals surface area contributed by atoms with Gasteiger partial charge in [-0.05, 0) is 31.9 Å². The van der Waals surface area contributed by atoms with Crippen molar-refractivity contribution in [2.45, 2.75) is 20.8 Å². The summed E-state index contributed by atoms with van der Waals surface area (Å²) in [6, 6.07) is 10.2. The van der Waals surface area contributed by atoms with E-state index in [0.29, 0.717) is 6.54 Å². The van der Waals surface area contributed by atoms with E-state index in [9.17, 15) is 4.79 Å². The quantitative estimate of drug-likeness (QED) is 0.899. The molecule has 0 aliphatic heterocycles. The van der Waals surface area contributed by atoms with Crippen molar-refractivity contribution in [2.75, 3.05) is 6.54 Å². The fraction of sp³-hybridized carbons (Fsp3) is 0.312. The summed E-state index contributed by atoms with van der Waals surface area (Å²) >= 11 is 0. The molecule has 1 N–H and O–H groups in total. The Morgan fingerprint density at radius 3 is 2.42 bits per heavy atom. The lowest BCUT2D eigenvalue weighted by molar-refractivity contribution is 0.0954. The van der Waals surface area contributed by atoms with Crippen LogP contribution in [0, 0.1) is 13.8 Å². The van der Waals surface area contributed by atoms with Crippen LogP contribution >= 0.6 is 0 Å². The summed E-state index contributed by atoms with van der Waals surface area (Å²) < 4.78 is 2.09. The van der Waals surface area contributed by atoms with Gasteiger partial charge in [0, 0.05) is 19.3 Å². The van der Waals surface area contributed by atoms with Gasteiger partial charge in [-0.1, -0.05) is 30.3 Å². The largest absolute Gasteiger partial charge is 0.352 e. The number of aromatic nitrogens is 1. The first-order valence-corrected chi connectivity index (χ1v) is 6.57. The molecule has 0 radical (unpaired) electrons. The Kier molecular flexibility index (Phi) is 3.74. The molecule has 0 aliphatic carbocycles. The Hall–Kier alpha value is -2.03. The minimum Gasteiger partial charge on any atom is -0.352 e. The molecule has 0 atom stereocenters. The van der Waals surface area contributed by atoms with Crippen molar-refractivity contribution in [2.24, 2.45) is 7.05 Å². The molecule has 2 aromatic rings. The first kappa shape index (κ1) is 13.4. The van der Waals surface area contributed by atoms with Crippen LogP contribution in [-0.4, -0.2) is 17.0 Å². The molecular formula is C16H20N2O. The molecule has 19 heavy (non-hydrogen) atoms. The predicted octanol–water partition coefficient (Wildman–Crippen LogP) is 3.06. The minimum atomic E-state index is 0.00952. The van der Waals surface area contributed by atoms with E-state index < -0.39 is 0 Å². The number of benzene rings is 1. The molecule has 0 unspecified atom stereocenters. The average molecular weight is 256 g/mol. The highest BCUT2D eigenvalue weighted by molar-refractivity contribution is 5.99. The number of amides is 1. The molecule has 3 heteroatoms. The Labute approximate surface area is 114 Å². The standard InChI is InChI=1S/C16H20N2O/c1-5-17-16(19)14-11(2)15(18(4)12(14)3)13-9-7-6-8-10-13/h6-10H,5H2,1-4H3,(H,17,19). The molecule has 0 aliphatic rings. The zero-order chi connectivity index (χ0) is 14.0. The van der Waals surface area contributed by atoms with E-state index in [1.807, 2.05) is 46.0 Å². The van der Waals surface area contributed by atoms with Gasteiger partial charge in [0.05, 0.1) is 11.3 Å². The van der Waals surface area contributed by atoms with E-state index in [1.165, 1.54) is 0 Å². The molecule has 100 valence electrons. The highest BCUT2D eigenvalue weighted by Gasteiger charge is 2.20. The van der Waals surface area contributed by atoms with Crippen LogP contribution in [0.25, 0.3) is 11.3 Å². The SMILES string of the molecule is CCNC(=O)c1c(C)c(-c2ccccc2)n(C)c1C. The van der Waals surface area contributed by atoms with Crippen molar-refractivity contribution in [3.05, 3.63) is 47.2 Å². The molecule has 1 aromatic carbocycles. The maximum absolute atomic E-state index is 12.2. The maximum atomic E-state index is 12.2. The molecule has 1 amide bonds. The second-order valence-electron chi connectivity index (χ2n) is 4.72. The molecule has 3 nitrogen and oxygen atoms in total. The van der Waals surface area contributed by atoms with Crippen molar-refractivity contribution >= 4 is 5.91 Å². The lowest BCUT2D eigenvalue weighted by Crippen LogP contribution is -2.23. The third-order valence-electron chi connectivity index (χ3n) is 3.54. The van der Waals surface area contributed by atoms with Crippen molar-refractivity contribution < 1.29 is 4.79 Å². The van der Waals surface area contributed by atoms with Crippen LogP contribution < -0.4 is 5.32 Å². The smallest absolute Gasteiger partial charge is 0.253 e. The van der Waals surface area contributed by atoms with Crippen molar-refractivity contribution in [3.63, 3.8) is 0 Å². The number of hydrogen-bond acceptors (Lipinski definition) is 1. The lowest BCUT2D eigenvalue weighted by atomic mass is 10.0. The fourth-order valence-corrected chi connectivity index (χ4v) is 2.57. The summed E-state index contributed by atoms with van der Waals surface area (Å²) in [6.45, 7) is 6.58. The normalized spacial score (nSPS) is 10.5. The van der Waals surface area contributed by atoms with Gasteiger partial charge < -0.3 is 9.88 Å². The molecule has 2 rings (SSSR count). The fourth-order valence-electron chi connectivity index (χ4n) is 2.57. The summed E-state index contributed by atoms with van der Waals surface area (Å²) in [4.78, 5) is 12.2. The van der Waals surface area contributed by atoms with Crippen LogP contribution in [0.4, 0.5) is 0 Å². The van der Waals surface area contributed by atoms with Crippen LogP contribution in [0.1, 0.15) is 28.5 Å². The number of carbonyl (C=O) groups excluding carboxylic acids is 1. The third-order valence-corrected chi connectivity index (χ3v) is 3.54. The molecule has 1 aromatic heterocycles. The predicted molar refractivity (Wildman–Crippen MR) is 78.3 cm³/mol. The average Bonchev–Trinajstić information content (AvgIpc) is 2.62. The van der Waals surface area contributed by atoms with E-state index in [4.69, 9.17) is 0 Å². The monoisotopic (exact) mass is 256 g/mol. The van der Waals surface area contributed by atoms with Crippen molar-refractivity contribution in [3.8, 4) is 11.3 Å². The van der Waals surface area contributed by atoms with E-state index in [-0.39, 0.29) is 5.91 Å². The Balaban J connectivity index is 2.59. The highest BCUT2D eigenvalue weighted by Crippen LogP contribution is 2.29. The summed E-state index contributed by atoms with van der Waals surface area (Å²) in [7, 11) is 2.01. The first-order valence-electron chi connectivity index (χ1n) is 6.57. The third kappa shape index (κ3) is 2.28. The molecule has 1 heterocycles. The molecule has 0 spiro atoms. The van der Waals surface area contributed by atoms with Gasteiger partial charge in [-0.2, -0.15) is 0 Å². The van der Waals surface area contributed by atoms with Crippen molar-refractivity contribution in [1.82, 2.24) is 9.88 Å². The number of hydrogen-bond donors (Lipinski definition) is 1. The van der Waals surface area contributed by atoms with Gasteiger partial charge >= 0.3 is 0 Å². The highest BCUT2D eigenvalue weighted by atomic mass is 16.1. The van der Waals surface area contributed by atoms with Crippen LogP contribution in [0.3, 0.4) is 0 Å². The Morgan fingerprint density at radius 1 is 1.21 bits per heavy atom. The van der Waals surface area contributed by atoms with E-state index >= 15 is 0 Å². The number of nitrogens with zero attached hydrogens (tertiary/aromatic N) is 1. The second kappa shape index (κ2) is 5.31. The van der Waals surface area contributed by atoms with E-state index in [2.05, 4.69) is 22.0 Å². The van der Waals surface area contributed by atoms with Gasteiger partial charge in [-0.25, -0.2) is 0 Å². The zero-order valence-electron chi connectivity index (χ0n) is 11.9. The molecule has 0 saturated heterocycles. The van der Waals surface area contributed by atoms with Gasteiger partial charge in [0.2, 0.25) is 0 Å². The van der Waals surface area contributed by atoms with E-state index in [1.54, 1.807) is 0 Å². The number of rotatable bonds is 3. The second-order valence-corrected chi connectivity index (χ2v) is 4.72. The molecule has 0 saturated carbocycles. The molecular weight excluding hydrogens is 236 g/mol. The first-order chi connectivity index (χ1) is 9.07. The number of carbonyl (C=O) groups is 1. The minimum absolute atomic E-state index is 0.00952. The number of nitrogens with one attached hydrogen (secondary N) is 1. The van der Waals surface area contributed by atoms with Crippen molar-refractivity contribution in [1.29, 1.82) is 0 Å². The Morgan fingerprint density at radius 2 is 1.84 bits per heavy atom. The van der Waals surface area contributed by atoms with Crippen LogP contribution in [0.15, 0.2) is 30.3 Å². The van der Waals surface area contributed by atoms with Gasteiger partial charge in [0.1, 0.15) is 0 Å². The molecule has 0 fully saturated rings.